The van der Waals surface area contributed by atoms with Crippen LogP contribution in [0.3, 0.4) is 0 Å². The first kappa shape index (κ1) is 18.3. The SMILES string of the molecule is COC(=O)c1c(N)c(C#N)cn1-c1ccc(F)cc1S(=O)(=O)C(F)F. The summed E-state index contributed by atoms with van der Waals surface area (Å²) in [6, 6.07) is 3.74. The van der Waals surface area contributed by atoms with Crippen LogP contribution in [-0.2, 0) is 14.6 Å². The topological polar surface area (TPSA) is 115 Å². The van der Waals surface area contributed by atoms with Gasteiger partial charge in [-0.2, -0.15) is 14.0 Å². The Morgan fingerprint density at radius 1 is 1.40 bits per heavy atom. The number of benzene rings is 1. The third-order valence-corrected chi connectivity index (χ3v) is 4.68. The summed E-state index contributed by atoms with van der Waals surface area (Å²) in [5, 5.41) is 9.03. The van der Waals surface area contributed by atoms with E-state index in [0.717, 1.165) is 30.0 Å². The van der Waals surface area contributed by atoms with Crippen molar-refractivity contribution in [1.29, 1.82) is 5.26 Å². The Morgan fingerprint density at radius 3 is 2.56 bits per heavy atom. The number of halogens is 3. The van der Waals surface area contributed by atoms with E-state index in [-0.39, 0.29) is 11.3 Å². The monoisotopic (exact) mass is 373 g/mol. The number of nitrogens with zero attached hydrogens (tertiary/aromatic N) is 2. The van der Waals surface area contributed by atoms with Crippen molar-refractivity contribution in [3.63, 3.8) is 0 Å². The number of carbonyl (C=O) groups excluding carboxylic acids is 1. The zero-order valence-corrected chi connectivity index (χ0v) is 13.4. The minimum absolute atomic E-state index is 0.217. The highest BCUT2D eigenvalue weighted by Crippen LogP contribution is 2.31. The number of nitrogens with two attached hydrogens (primary N) is 1. The van der Waals surface area contributed by atoms with Crippen LogP contribution in [0, 0.1) is 17.1 Å². The first-order valence-corrected chi connectivity index (χ1v) is 8.01. The number of aromatic nitrogens is 1. The van der Waals surface area contributed by atoms with Crippen molar-refractivity contribution in [3.8, 4) is 11.8 Å². The van der Waals surface area contributed by atoms with E-state index in [2.05, 4.69) is 4.74 Å². The molecule has 7 nitrogen and oxygen atoms in total. The predicted molar refractivity (Wildman–Crippen MR) is 79.4 cm³/mol. The van der Waals surface area contributed by atoms with Crippen LogP contribution in [0.2, 0.25) is 0 Å². The molecular formula is C14H10F3N3O4S. The Labute approximate surface area is 139 Å². The quantitative estimate of drug-likeness (QED) is 0.818. The number of anilines is 1. The molecule has 11 heteroatoms. The van der Waals surface area contributed by atoms with E-state index in [1.807, 2.05) is 0 Å². The summed E-state index contributed by atoms with van der Waals surface area (Å²) < 4.78 is 68.3. The van der Waals surface area contributed by atoms with Crippen LogP contribution >= 0.6 is 0 Å². The molecule has 0 saturated carbocycles. The fourth-order valence-electron chi connectivity index (χ4n) is 2.12. The molecule has 0 atom stereocenters. The third kappa shape index (κ3) is 3.03. The van der Waals surface area contributed by atoms with Gasteiger partial charge in [-0.3, -0.25) is 0 Å². The Balaban J connectivity index is 2.90. The first-order valence-electron chi connectivity index (χ1n) is 6.46. The van der Waals surface area contributed by atoms with E-state index in [0.29, 0.717) is 6.07 Å². The number of ether oxygens (including phenoxy) is 1. The molecule has 0 bridgehead atoms. The lowest BCUT2D eigenvalue weighted by atomic mass is 10.2. The van der Waals surface area contributed by atoms with Crippen LogP contribution in [0.25, 0.3) is 5.69 Å². The average Bonchev–Trinajstić information content (AvgIpc) is 2.90. The number of rotatable bonds is 4. The largest absolute Gasteiger partial charge is 0.464 e. The van der Waals surface area contributed by atoms with Crippen molar-refractivity contribution in [1.82, 2.24) is 4.57 Å². The van der Waals surface area contributed by atoms with E-state index in [1.54, 1.807) is 6.07 Å². The number of esters is 1. The van der Waals surface area contributed by atoms with Crippen molar-refractivity contribution >= 4 is 21.5 Å². The second kappa shape index (κ2) is 6.48. The van der Waals surface area contributed by atoms with Gasteiger partial charge in [0.05, 0.1) is 28.9 Å². The van der Waals surface area contributed by atoms with Crippen molar-refractivity contribution < 1.29 is 31.1 Å². The standard InChI is InChI=1S/C14H10F3N3O4S/c1-24-13(21)12-11(19)7(5-18)6-20(12)9-3-2-8(15)4-10(9)25(22,23)14(16)17/h2-4,6,14H,19H2,1H3. The molecule has 1 aromatic carbocycles. The third-order valence-electron chi connectivity index (χ3n) is 3.27. The smallest absolute Gasteiger partial charge is 0.357 e. The number of hydrogen-bond donors (Lipinski definition) is 1. The Bertz CT molecular complexity index is 993. The van der Waals surface area contributed by atoms with Gasteiger partial charge in [-0.25, -0.2) is 17.6 Å². The highest BCUT2D eigenvalue weighted by atomic mass is 32.2. The molecule has 0 saturated heterocycles. The summed E-state index contributed by atoms with van der Waals surface area (Å²) in [4.78, 5) is 10.9. The van der Waals surface area contributed by atoms with Crippen LogP contribution in [0.5, 0.6) is 0 Å². The van der Waals surface area contributed by atoms with Gasteiger partial charge in [-0.05, 0) is 18.2 Å². The molecular weight excluding hydrogens is 363 g/mol. The molecule has 0 radical (unpaired) electrons. The lowest BCUT2D eigenvalue weighted by Gasteiger charge is -2.13. The molecule has 0 spiro atoms. The van der Waals surface area contributed by atoms with Gasteiger partial charge in [0.2, 0.25) is 9.84 Å². The molecule has 2 N–H and O–H groups in total. The van der Waals surface area contributed by atoms with Gasteiger partial charge >= 0.3 is 11.7 Å². The number of methoxy groups -OCH3 is 1. The predicted octanol–water partition coefficient (Wildman–Crippen LogP) is 1.85. The van der Waals surface area contributed by atoms with Crippen molar-refractivity contribution in [2.24, 2.45) is 0 Å². The highest BCUT2D eigenvalue weighted by molar-refractivity contribution is 7.91. The summed E-state index contributed by atoms with van der Waals surface area (Å²) in [6.07, 6.45) is 0.972. The normalized spacial score (nSPS) is 11.4. The van der Waals surface area contributed by atoms with E-state index in [1.165, 1.54) is 0 Å². The fraction of sp³-hybridized carbons (Fsp3) is 0.143. The van der Waals surface area contributed by atoms with E-state index < -0.39 is 43.7 Å². The number of hydrogen-bond acceptors (Lipinski definition) is 6. The fourth-order valence-corrected chi connectivity index (χ4v) is 3.04. The molecule has 0 aliphatic rings. The second-order valence-electron chi connectivity index (χ2n) is 4.70. The number of sulfone groups is 1. The highest BCUT2D eigenvalue weighted by Gasteiger charge is 2.32. The van der Waals surface area contributed by atoms with Crippen LogP contribution < -0.4 is 5.73 Å². The maximum atomic E-state index is 13.4. The molecule has 132 valence electrons. The van der Waals surface area contributed by atoms with E-state index in [9.17, 15) is 26.4 Å². The lowest BCUT2D eigenvalue weighted by Crippen LogP contribution is -2.17. The second-order valence-corrected chi connectivity index (χ2v) is 6.58. The maximum absolute atomic E-state index is 13.4. The van der Waals surface area contributed by atoms with Gasteiger partial charge in [0.15, 0.2) is 5.69 Å². The molecule has 0 unspecified atom stereocenters. The molecule has 2 aromatic rings. The Kier molecular flexibility index (Phi) is 4.75. The average molecular weight is 373 g/mol. The van der Waals surface area contributed by atoms with Gasteiger partial charge in [-0.15, -0.1) is 0 Å². The molecule has 1 heterocycles. The number of nitrogen functional groups attached to an aromatic ring is 1. The first-order chi connectivity index (χ1) is 11.6. The minimum Gasteiger partial charge on any atom is -0.464 e. The van der Waals surface area contributed by atoms with Gasteiger partial charge in [0.25, 0.3) is 0 Å². The summed E-state index contributed by atoms with van der Waals surface area (Å²) >= 11 is 0. The number of alkyl halides is 2. The Hall–Kier alpha value is -3.00. The number of carbonyl (C=O) groups is 1. The molecule has 0 amide bonds. The lowest BCUT2D eigenvalue weighted by molar-refractivity contribution is 0.0593. The summed E-state index contributed by atoms with van der Waals surface area (Å²) in [5.74, 6) is -5.94. The van der Waals surface area contributed by atoms with Crippen LogP contribution in [0.4, 0.5) is 18.9 Å². The van der Waals surface area contributed by atoms with Crippen molar-refractivity contribution in [2.75, 3.05) is 12.8 Å². The summed E-state index contributed by atoms with van der Waals surface area (Å²) in [5.41, 5.74) is 4.19. The zero-order valence-electron chi connectivity index (χ0n) is 12.5. The minimum atomic E-state index is -5.21. The van der Waals surface area contributed by atoms with Crippen molar-refractivity contribution in [2.45, 2.75) is 10.7 Å². The molecule has 25 heavy (non-hydrogen) atoms. The molecule has 2 rings (SSSR count). The summed E-state index contributed by atoms with van der Waals surface area (Å²) in [7, 11) is -4.20. The zero-order chi connectivity index (χ0) is 18.9. The van der Waals surface area contributed by atoms with Crippen LogP contribution in [-0.4, -0.2) is 31.8 Å². The van der Waals surface area contributed by atoms with Gasteiger partial charge < -0.3 is 15.0 Å². The van der Waals surface area contributed by atoms with Crippen LogP contribution in [0.15, 0.2) is 29.3 Å². The molecule has 0 fully saturated rings. The molecule has 0 aliphatic carbocycles. The van der Waals surface area contributed by atoms with Crippen LogP contribution in [0.1, 0.15) is 16.1 Å². The van der Waals surface area contributed by atoms with Gasteiger partial charge in [0.1, 0.15) is 11.9 Å². The molecule has 0 aliphatic heterocycles. The van der Waals surface area contributed by atoms with Gasteiger partial charge in [0, 0.05) is 6.20 Å². The Morgan fingerprint density at radius 2 is 2.04 bits per heavy atom. The van der Waals surface area contributed by atoms with Crippen molar-refractivity contribution in [3.05, 3.63) is 41.5 Å². The van der Waals surface area contributed by atoms with E-state index in [4.69, 9.17) is 11.0 Å². The summed E-state index contributed by atoms with van der Waals surface area (Å²) in [6.45, 7) is 0. The molecule has 1 aromatic heterocycles. The number of nitriles is 1. The van der Waals surface area contributed by atoms with E-state index >= 15 is 0 Å². The maximum Gasteiger partial charge on any atom is 0.357 e. The van der Waals surface area contributed by atoms with Gasteiger partial charge in [-0.1, -0.05) is 0 Å².